The predicted octanol–water partition coefficient (Wildman–Crippen LogP) is 7.20. The molecule has 4 rings (SSSR count). The van der Waals surface area contributed by atoms with Crippen molar-refractivity contribution >= 4 is 56.5 Å². The van der Waals surface area contributed by atoms with Crippen LogP contribution in [0.25, 0.3) is 6.08 Å². The molecule has 4 nitrogen and oxygen atoms in total. The number of halogens is 4. The average molecular weight is 551 g/mol. The Bertz CT molecular complexity index is 1250. The van der Waals surface area contributed by atoms with Gasteiger partial charge in [0.2, 0.25) is 0 Å². The Morgan fingerprint density at radius 2 is 1.82 bits per heavy atom. The summed E-state index contributed by atoms with van der Waals surface area (Å²) >= 11 is 10.2. The van der Waals surface area contributed by atoms with E-state index in [1.54, 1.807) is 36.4 Å². The van der Waals surface area contributed by atoms with Gasteiger partial charge in [0.1, 0.15) is 24.0 Å². The second kappa shape index (κ2) is 10.1. The summed E-state index contributed by atoms with van der Waals surface area (Å²) in [5, 5.41) is -0.379. The summed E-state index contributed by atoms with van der Waals surface area (Å²) in [7, 11) is 0. The van der Waals surface area contributed by atoms with E-state index in [2.05, 4.69) is 15.9 Å². The molecule has 0 atom stereocenters. The van der Waals surface area contributed by atoms with Crippen molar-refractivity contribution in [3.05, 3.63) is 103 Å². The van der Waals surface area contributed by atoms with Crippen molar-refractivity contribution in [2.45, 2.75) is 13.2 Å². The minimum absolute atomic E-state index is 0.0773. The van der Waals surface area contributed by atoms with Crippen LogP contribution in [0, 0.1) is 11.6 Å². The molecule has 0 radical (unpaired) electrons. The molecule has 3 aromatic rings. The van der Waals surface area contributed by atoms with Crippen LogP contribution in [0.5, 0.6) is 5.75 Å². The Balaban J connectivity index is 1.57. The molecule has 0 saturated carbocycles. The van der Waals surface area contributed by atoms with Gasteiger partial charge in [-0.05, 0) is 65.9 Å². The third-order valence-corrected chi connectivity index (χ3v) is 6.57. The van der Waals surface area contributed by atoms with Crippen LogP contribution in [-0.4, -0.2) is 16.0 Å². The quantitative estimate of drug-likeness (QED) is 0.305. The Kier molecular flexibility index (Phi) is 7.17. The minimum Gasteiger partial charge on any atom is -0.488 e. The number of ether oxygens (including phenoxy) is 1. The first-order chi connectivity index (χ1) is 15.8. The second-order valence-corrected chi connectivity index (χ2v) is 9.38. The maximum Gasteiger partial charge on any atom is 0.293 e. The standard InChI is InChI=1S/C24H15BrClF2NO3S/c25-16-6-9-21(32-13-14-4-7-17(27)8-5-14)15(10-16)11-22-23(30)29(24(31)33-22)12-18-19(26)2-1-3-20(18)28/h1-11H,12-13H2/b22-11-. The molecule has 0 aromatic heterocycles. The molecule has 3 aromatic carbocycles. The summed E-state index contributed by atoms with van der Waals surface area (Å²) in [6.07, 6.45) is 1.55. The number of carbonyl (C=O) groups is 2. The Morgan fingerprint density at radius 3 is 2.55 bits per heavy atom. The van der Waals surface area contributed by atoms with Crippen LogP contribution in [0.1, 0.15) is 16.7 Å². The lowest BCUT2D eigenvalue weighted by Crippen LogP contribution is -2.28. The van der Waals surface area contributed by atoms with E-state index in [0.717, 1.165) is 26.7 Å². The Hall–Kier alpha value is -2.68. The number of rotatable bonds is 6. The largest absolute Gasteiger partial charge is 0.488 e. The van der Waals surface area contributed by atoms with Crippen molar-refractivity contribution in [2.75, 3.05) is 0 Å². The Labute approximate surface area is 206 Å². The number of benzene rings is 3. The van der Waals surface area contributed by atoms with Crippen LogP contribution in [0.2, 0.25) is 5.02 Å². The summed E-state index contributed by atoms with van der Waals surface area (Å²) in [6.45, 7) is -0.0735. The number of imide groups is 1. The zero-order valence-electron chi connectivity index (χ0n) is 16.9. The number of hydrogen-bond acceptors (Lipinski definition) is 4. The van der Waals surface area contributed by atoms with Crippen LogP contribution < -0.4 is 4.74 Å². The predicted molar refractivity (Wildman–Crippen MR) is 128 cm³/mol. The topological polar surface area (TPSA) is 46.6 Å². The number of thioether (sulfide) groups is 1. The fourth-order valence-corrected chi connectivity index (χ4v) is 4.56. The summed E-state index contributed by atoms with van der Waals surface area (Å²) in [4.78, 5) is 26.5. The molecule has 1 aliphatic rings. The van der Waals surface area contributed by atoms with Crippen LogP contribution in [0.4, 0.5) is 13.6 Å². The van der Waals surface area contributed by atoms with Crippen LogP contribution in [0.15, 0.2) is 70.0 Å². The highest BCUT2D eigenvalue weighted by Gasteiger charge is 2.36. The van der Waals surface area contributed by atoms with E-state index < -0.39 is 17.0 Å². The maximum atomic E-state index is 14.1. The highest BCUT2D eigenvalue weighted by atomic mass is 79.9. The van der Waals surface area contributed by atoms with Crippen molar-refractivity contribution in [3.63, 3.8) is 0 Å². The van der Waals surface area contributed by atoms with Gasteiger partial charge in [0.15, 0.2) is 0 Å². The first-order valence-electron chi connectivity index (χ1n) is 9.67. The van der Waals surface area contributed by atoms with Crippen LogP contribution in [-0.2, 0) is 17.9 Å². The van der Waals surface area contributed by atoms with E-state index in [0.29, 0.717) is 11.3 Å². The summed E-state index contributed by atoms with van der Waals surface area (Å²) < 4.78 is 33.9. The molecule has 0 unspecified atom stereocenters. The smallest absolute Gasteiger partial charge is 0.293 e. The third-order valence-electron chi connectivity index (χ3n) is 4.82. The van der Waals surface area contributed by atoms with Crippen molar-refractivity contribution in [1.82, 2.24) is 4.90 Å². The van der Waals surface area contributed by atoms with E-state index in [1.165, 1.54) is 30.3 Å². The first-order valence-corrected chi connectivity index (χ1v) is 11.7. The van der Waals surface area contributed by atoms with Crippen molar-refractivity contribution in [2.24, 2.45) is 0 Å². The number of hydrogen-bond donors (Lipinski definition) is 0. The zero-order chi connectivity index (χ0) is 23.5. The zero-order valence-corrected chi connectivity index (χ0v) is 20.0. The van der Waals surface area contributed by atoms with E-state index in [-0.39, 0.29) is 34.5 Å². The van der Waals surface area contributed by atoms with E-state index >= 15 is 0 Å². The van der Waals surface area contributed by atoms with Crippen molar-refractivity contribution in [1.29, 1.82) is 0 Å². The minimum atomic E-state index is -0.589. The summed E-state index contributed by atoms with van der Waals surface area (Å²) in [5.41, 5.74) is 1.42. The molecule has 0 spiro atoms. The molecule has 9 heteroatoms. The average Bonchev–Trinajstić information content (AvgIpc) is 3.04. The molecule has 1 aliphatic heterocycles. The van der Waals surface area contributed by atoms with Crippen molar-refractivity contribution in [3.8, 4) is 5.75 Å². The maximum absolute atomic E-state index is 14.1. The van der Waals surface area contributed by atoms with Gasteiger partial charge in [-0.15, -0.1) is 0 Å². The van der Waals surface area contributed by atoms with E-state index in [9.17, 15) is 18.4 Å². The third kappa shape index (κ3) is 5.46. The van der Waals surface area contributed by atoms with E-state index in [4.69, 9.17) is 16.3 Å². The molecule has 33 heavy (non-hydrogen) atoms. The molecular formula is C24H15BrClF2NO3S. The fraction of sp³-hybridized carbons (Fsp3) is 0.0833. The van der Waals surface area contributed by atoms with Gasteiger partial charge in [0, 0.05) is 20.6 Å². The normalized spacial score (nSPS) is 14.9. The van der Waals surface area contributed by atoms with Gasteiger partial charge in [-0.1, -0.05) is 45.7 Å². The number of amides is 2. The molecule has 1 heterocycles. The monoisotopic (exact) mass is 549 g/mol. The van der Waals surface area contributed by atoms with Crippen molar-refractivity contribution < 1.29 is 23.1 Å². The van der Waals surface area contributed by atoms with Gasteiger partial charge in [0.25, 0.3) is 11.1 Å². The lowest BCUT2D eigenvalue weighted by molar-refractivity contribution is -0.123. The molecule has 0 aliphatic carbocycles. The molecule has 0 bridgehead atoms. The molecule has 2 amide bonds. The molecule has 1 fully saturated rings. The Morgan fingerprint density at radius 1 is 1.06 bits per heavy atom. The fourth-order valence-electron chi connectivity index (χ4n) is 3.12. The lowest BCUT2D eigenvalue weighted by atomic mass is 10.1. The first kappa shape index (κ1) is 23.5. The van der Waals surface area contributed by atoms with Gasteiger partial charge < -0.3 is 4.74 Å². The molecular weight excluding hydrogens is 536 g/mol. The number of nitrogens with zero attached hydrogens (tertiary/aromatic N) is 1. The van der Waals surface area contributed by atoms with Gasteiger partial charge >= 0.3 is 0 Å². The highest BCUT2D eigenvalue weighted by molar-refractivity contribution is 9.10. The highest BCUT2D eigenvalue weighted by Crippen LogP contribution is 2.36. The van der Waals surface area contributed by atoms with E-state index in [1.807, 2.05) is 0 Å². The summed E-state index contributed by atoms with van der Waals surface area (Å²) in [6, 6.07) is 15.4. The lowest BCUT2D eigenvalue weighted by Gasteiger charge is -2.14. The number of carbonyl (C=O) groups excluding carboxylic acids is 2. The van der Waals surface area contributed by atoms with Gasteiger partial charge in [-0.25, -0.2) is 8.78 Å². The van der Waals surface area contributed by atoms with Gasteiger partial charge in [0.05, 0.1) is 11.4 Å². The molecule has 168 valence electrons. The van der Waals surface area contributed by atoms with Crippen LogP contribution >= 0.6 is 39.3 Å². The second-order valence-electron chi connectivity index (χ2n) is 7.07. The van der Waals surface area contributed by atoms with Crippen LogP contribution in [0.3, 0.4) is 0 Å². The van der Waals surface area contributed by atoms with Gasteiger partial charge in [-0.2, -0.15) is 0 Å². The SMILES string of the molecule is O=C1S/C(=C\c2cc(Br)ccc2OCc2ccc(F)cc2)C(=O)N1Cc1c(F)cccc1Cl. The van der Waals surface area contributed by atoms with Gasteiger partial charge in [-0.3, -0.25) is 14.5 Å². The molecule has 1 saturated heterocycles. The summed E-state index contributed by atoms with van der Waals surface area (Å²) in [5.74, 6) is -0.996. The molecule has 0 N–H and O–H groups in total.